The zero-order valence-electron chi connectivity index (χ0n) is 14.9. The molecule has 0 unspecified atom stereocenters. The molecule has 1 amide bonds. The molecule has 7 heteroatoms. The van der Waals surface area contributed by atoms with Crippen molar-refractivity contribution in [1.82, 2.24) is 4.98 Å². The van der Waals surface area contributed by atoms with Crippen molar-refractivity contribution in [3.05, 3.63) is 58.1 Å². The largest absolute Gasteiger partial charge is 0.477 e. The van der Waals surface area contributed by atoms with E-state index in [4.69, 9.17) is 4.74 Å². The van der Waals surface area contributed by atoms with Crippen molar-refractivity contribution in [2.75, 3.05) is 5.32 Å². The van der Waals surface area contributed by atoms with Crippen molar-refractivity contribution in [3.63, 3.8) is 0 Å². The number of hydrogen-bond acceptors (Lipinski definition) is 5. The first-order valence-corrected chi connectivity index (χ1v) is 9.35. The van der Waals surface area contributed by atoms with Gasteiger partial charge in [0.2, 0.25) is 0 Å². The number of amides is 1. The molecule has 0 radical (unpaired) electrons. The highest BCUT2D eigenvalue weighted by molar-refractivity contribution is 7.21. The van der Waals surface area contributed by atoms with Crippen molar-refractivity contribution >= 4 is 39.1 Å². The third kappa shape index (κ3) is 3.31. The summed E-state index contributed by atoms with van der Waals surface area (Å²) in [6, 6.07) is 10.6. The summed E-state index contributed by atoms with van der Waals surface area (Å²) in [6.07, 6.45) is 0.657. The van der Waals surface area contributed by atoms with Gasteiger partial charge in [-0.2, -0.15) is 0 Å². The molecule has 1 aliphatic rings. The monoisotopic (exact) mass is 382 g/mol. The van der Waals surface area contributed by atoms with E-state index in [1.54, 1.807) is 24.3 Å². The summed E-state index contributed by atoms with van der Waals surface area (Å²) < 4.78 is 5.84. The predicted molar refractivity (Wildman–Crippen MR) is 104 cm³/mol. The third-order valence-corrected chi connectivity index (χ3v) is 5.62. The number of hydrogen-bond donors (Lipinski definition) is 2. The highest BCUT2D eigenvalue weighted by Gasteiger charge is 2.29. The van der Waals surface area contributed by atoms with Crippen molar-refractivity contribution < 1.29 is 19.4 Å². The number of fused-ring (bicyclic) bond motifs is 2. The minimum Gasteiger partial charge on any atom is -0.477 e. The first-order chi connectivity index (χ1) is 12.8. The summed E-state index contributed by atoms with van der Waals surface area (Å²) in [5, 5.41) is 13.0. The molecular formula is C20H18N2O4S. The standard InChI is InChI=1S/C20H18N2O4S/c1-20(2)9-14-12(10-26-20)8-13-15(16(19(24)25)27-18(13)21-14)22-17(23)11-6-4-3-5-7-11/h3-8H,9-10H2,1-2H3,(H,22,23)(H,24,25). The molecule has 0 saturated heterocycles. The smallest absolute Gasteiger partial charge is 0.348 e. The van der Waals surface area contributed by atoms with Crippen LogP contribution in [0.4, 0.5) is 5.69 Å². The van der Waals surface area contributed by atoms with E-state index in [0.29, 0.717) is 28.8 Å². The number of carboxylic acids is 1. The molecule has 0 bridgehead atoms. The Morgan fingerprint density at radius 1 is 1.26 bits per heavy atom. The summed E-state index contributed by atoms with van der Waals surface area (Å²) in [4.78, 5) is 29.7. The summed E-state index contributed by atoms with van der Waals surface area (Å²) in [5.41, 5.74) is 2.29. The van der Waals surface area contributed by atoms with Gasteiger partial charge in [-0.25, -0.2) is 9.78 Å². The van der Waals surface area contributed by atoms with Crippen LogP contribution in [0.25, 0.3) is 10.2 Å². The van der Waals surface area contributed by atoms with Crippen LogP contribution in [-0.2, 0) is 17.8 Å². The van der Waals surface area contributed by atoms with Gasteiger partial charge >= 0.3 is 5.97 Å². The lowest BCUT2D eigenvalue weighted by molar-refractivity contribution is -0.0411. The van der Waals surface area contributed by atoms with Crippen LogP contribution in [0.5, 0.6) is 0 Å². The molecule has 2 N–H and O–H groups in total. The molecule has 1 aromatic carbocycles. The van der Waals surface area contributed by atoms with E-state index >= 15 is 0 Å². The maximum atomic E-state index is 12.6. The number of anilines is 1. The number of nitrogens with zero attached hydrogens (tertiary/aromatic N) is 1. The fourth-order valence-corrected chi connectivity index (χ4v) is 4.13. The second kappa shape index (κ2) is 6.44. The Kier molecular flexibility index (Phi) is 4.20. The number of rotatable bonds is 3. The van der Waals surface area contributed by atoms with E-state index in [0.717, 1.165) is 22.6 Å². The zero-order valence-corrected chi connectivity index (χ0v) is 15.7. The Morgan fingerprint density at radius 3 is 2.70 bits per heavy atom. The molecule has 3 heterocycles. The highest BCUT2D eigenvalue weighted by atomic mass is 32.1. The molecule has 138 valence electrons. The van der Waals surface area contributed by atoms with Crippen LogP contribution in [-0.4, -0.2) is 27.6 Å². The number of carbonyl (C=O) groups excluding carboxylic acids is 1. The first-order valence-electron chi connectivity index (χ1n) is 8.53. The summed E-state index contributed by atoms with van der Waals surface area (Å²) in [5.74, 6) is -1.44. The van der Waals surface area contributed by atoms with Gasteiger partial charge in [-0.05, 0) is 32.0 Å². The van der Waals surface area contributed by atoms with E-state index in [9.17, 15) is 14.7 Å². The lowest BCUT2D eigenvalue weighted by atomic mass is 9.95. The Morgan fingerprint density at radius 2 is 2.00 bits per heavy atom. The number of aromatic nitrogens is 1. The number of carboxylic acid groups (broad SMARTS) is 1. The fourth-order valence-electron chi connectivity index (χ4n) is 3.16. The average molecular weight is 382 g/mol. The zero-order chi connectivity index (χ0) is 19.2. The third-order valence-electron chi connectivity index (χ3n) is 4.53. The van der Waals surface area contributed by atoms with Crippen LogP contribution in [0.3, 0.4) is 0 Å². The molecule has 0 aliphatic carbocycles. The van der Waals surface area contributed by atoms with Gasteiger partial charge in [0, 0.05) is 22.9 Å². The molecule has 2 aromatic heterocycles. The SMILES string of the molecule is CC1(C)Cc2nc3sc(C(=O)O)c(NC(=O)c4ccccc4)c3cc2CO1. The number of carbonyl (C=O) groups is 2. The summed E-state index contributed by atoms with van der Waals surface area (Å²) in [6.45, 7) is 4.42. The van der Waals surface area contributed by atoms with Crippen LogP contribution in [0, 0.1) is 0 Å². The van der Waals surface area contributed by atoms with Crippen LogP contribution >= 0.6 is 11.3 Å². The molecule has 1 aliphatic heterocycles. The number of pyridine rings is 1. The van der Waals surface area contributed by atoms with E-state index < -0.39 is 5.97 Å². The molecule has 3 aromatic rings. The van der Waals surface area contributed by atoms with E-state index in [1.165, 1.54) is 0 Å². The predicted octanol–water partition coefficient (Wildman–Crippen LogP) is 4.10. The van der Waals surface area contributed by atoms with Crippen LogP contribution in [0.15, 0.2) is 36.4 Å². The average Bonchev–Trinajstić information content (AvgIpc) is 2.97. The number of ether oxygens (including phenoxy) is 1. The minimum absolute atomic E-state index is 0.0734. The minimum atomic E-state index is -1.09. The second-order valence-corrected chi connectivity index (χ2v) is 8.10. The molecular weight excluding hydrogens is 364 g/mol. The van der Waals surface area contributed by atoms with Crippen LogP contribution in [0.1, 0.15) is 45.1 Å². The van der Waals surface area contributed by atoms with E-state index in [1.807, 2.05) is 26.0 Å². The van der Waals surface area contributed by atoms with Crippen molar-refractivity contribution in [3.8, 4) is 0 Å². The van der Waals surface area contributed by atoms with Gasteiger partial charge < -0.3 is 15.2 Å². The fraction of sp³-hybridized carbons (Fsp3) is 0.250. The second-order valence-electron chi connectivity index (χ2n) is 7.10. The maximum absolute atomic E-state index is 12.6. The quantitative estimate of drug-likeness (QED) is 0.712. The molecule has 4 rings (SSSR count). The molecule has 0 atom stereocenters. The van der Waals surface area contributed by atoms with Crippen molar-refractivity contribution in [2.24, 2.45) is 0 Å². The number of nitrogens with one attached hydrogen (secondary N) is 1. The van der Waals surface area contributed by atoms with Gasteiger partial charge in [-0.1, -0.05) is 18.2 Å². The molecule has 0 spiro atoms. The molecule has 27 heavy (non-hydrogen) atoms. The van der Waals surface area contributed by atoms with Crippen LogP contribution < -0.4 is 5.32 Å². The normalized spacial score (nSPS) is 15.3. The van der Waals surface area contributed by atoms with Crippen LogP contribution in [0.2, 0.25) is 0 Å². The molecule has 6 nitrogen and oxygen atoms in total. The first kappa shape index (κ1) is 17.6. The van der Waals surface area contributed by atoms with Gasteiger partial charge in [-0.15, -0.1) is 11.3 Å². The maximum Gasteiger partial charge on any atom is 0.348 e. The number of benzene rings is 1. The Hall–Kier alpha value is -2.77. The Balaban J connectivity index is 1.80. The summed E-state index contributed by atoms with van der Waals surface area (Å²) in [7, 11) is 0. The highest BCUT2D eigenvalue weighted by Crippen LogP contribution is 2.38. The van der Waals surface area contributed by atoms with Crippen molar-refractivity contribution in [2.45, 2.75) is 32.5 Å². The summed E-state index contributed by atoms with van der Waals surface area (Å²) >= 11 is 1.08. The van der Waals surface area contributed by atoms with E-state index in [2.05, 4.69) is 10.3 Å². The van der Waals surface area contributed by atoms with Gasteiger partial charge in [0.25, 0.3) is 5.91 Å². The number of thiophene rings is 1. The van der Waals surface area contributed by atoms with Crippen molar-refractivity contribution in [1.29, 1.82) is 0 Å². The topological polar surface area (TPSA) is 88.5 Å². The lowest BCUT2D eigenvalue weighted by Gasteiger charge is -2.31. The lowest BCUT2D eigenvalue weighted by Crippen LogP contribution is -2.32. The molecule has 0 saturated carbocycles. The Bertz CT molecular complexity index is 1060. The van der Waals surface area contributed by atoms with Gasteiger partial charge in [0.15, 0.2) is 0 Å². The van der Waals surface area contributed by atoms with E-state index in [-0.39, 0.29) is 22.1 Å². The van der Waals surface area contributed by atoms with Gasteiger partial charge in [-0.3, -0.25) is 4.79 Å². The van der Waals surface area contributed by atoms with Gasteiger partial charge in [0.1, 0.15) is 9.71 Å². The van der Waals surface area contributed by atoms with Gasteiger partial charge in [0.05, 0.1) is 23.6 Å². The Labute approximate surface area is 159 Å². The molecule has 0 fully saturated rings. The number of aromatic carboxylic acids is 1.